The van der Waals surface area contributed by atoms with Crippen LogP contribution in [0.5, 0.6) is 0 Å². The van der Waals surface area contributed by atoms with Crippen LogP contribution in [0.1, 0.15) is 24.4 Å². The zero-order valence-electron chi connectivity index (χ0n) is 10.1. The molecule has 0 aliphatic heterocycles. The van der Waals surface area contributed by atoms with Crippen LogP contribution in [-0.4, -0.2) is 17.0 Å². The third-order valence-corrected chi connectivity index (χ3v) is 3.28. The molecule has 0 saturated heterocycles. The Morgan fingerprint density at radius 1 is 1.41 bits per heavy atom. The first-order chi connectivity index (χ1) is 8.19. The molecule has 2 aromatic rings. The lowest BCUT2D eigenvalue weighted by atomic mass is 10.2. The van der Waals surface area contributed by atoms with Crippen LogP contribution in [0.15, 0.2) is 39.1 Å². The van der Waals surface area contributed by atoms with Crippen molar-refractivity contribution in [2.45, 2.75) is 30.0 Å². The summed E-state index contributed by atoms with van der Waals surface area (Å²) in [7, 11) is 1.92. The molecular weight excluding hydrogens is 234 g/mol. The molecule has 0 radical (unpaired) electrons. The lowest BCUT2D eigenvalue weighted by Crippen LogP contribution is -2.13. The molecule has 17 heavy (non-hydrogen) atoms. The molecule has 0 aromatic carbocycles. The van der Waals surface area contributed by atoms with Gasteiger partial charge in [-0.15, -0.1) is 0 Å². The van der Waals surface area contributed by atoms with Crippen molar-refractivity contribution in [3.63, 3.8) is 0 Å². The molecule has 2 aromatic heterocycles. The van der Waals surface area contributed by atoms with Gasteiger partial charge in [-0.1, -0.05) is 0 Å². The molecule has 0 saturated carbocycles. The molecule has 0 aliphatic carbocycles. The van der Waals surface area contributed by atoms with E-state index in [1.54, 1.807) is 6.26 Å². The molecule has 4 nitrogen and oxygen atoms in total. The van der Waals surface area contributed by atoms with Gasteiger partial charge in [0.15, 0.2) is 0 Å². The Hall–Kier alpha value is -1.33. The number of hydrogen-bond donors (Lipinski definition) is 1. The maximum atomic E-state index is 5.28. The third-order valence-electron chi connectivity index (χ3n) is 2.44. The van der Waals surface area contributed by atoms with E-state index < -0.39 is 0 Å². The van der Waals surface area contributed by atoms with Crippen LogP contribution in [-0.2, 0) is 0 Å². The van der Waals surface area contributed by atoms with Gasteiger partial charge in [-0.05, 0) is 44.8 Å². The fourth-order valence-electron chi connectivity index (χ4n) is 1.34. The Morgan fingerprint density at radius 2 is 2.24 bits per heavy atom. The van der Waals surface area contributed by atoms with Gasteiger partial charge in [0, 0.05) is 17.1 Å². The topological polar surface area (TPSA) is 51.0 Å². The van der Waals surface area contributed by atoms with Gasteiger partial charge in [-0.2, -0.15) is 0 Å². The number of rotatable bonds is 4. The molecule has 2 heterocycles. The van der Waals surface area contributed by atoms with Crippen molar-refractivity contribution in [1.82, 2.24) is 15.3 Å². The first-order valence-electron chi connectivity index (χ1n) is 5.42. The van der Waals surface area contributed by atoms with Crippen molar-refractivity contribution in [1.29, 1.82) is 0 Å². The van der Waals surface area contributed by atoms with Crippen LogP contribution in [0.25, 0.3) is 0 Å². The van der Waals surface area contributed by atoms with Gasteiger partial charge >= 0.3 is 0 Å². The molecule has 0 amide bonds. The summed E-state index contributed by atoms with van der Waals surface area (Å²) in [5.41, 5.74) is 1.92. The van der Waals surface area contributed by atoms with Gasteiger partial charge in [0.25, 0.3) is 5.22 Å². The first-order valence-corrected chi connectivity index (χ1v) is 6.24. The molecule has 0 aliphatic rings. The van der Waals surface area contributed by atoms with E-state index in [0.717, 1.165) is 16.3 Å². The number of aryl methyl sites for hydroxylation is 1. The summed E-state index contributed by atoms with van der Waals surface area (Å²) in [5, 5.41) is 3.81. The van der Waals surface area contributed by atoms with Crippen molar-refractivity contribution in [2.24, 2.45) is 0 Å². The average Bonchev–Trinajstić information content (AvgIpc) is 2.75. The normalized spacial score (nSPS) is 12.6. The number of pyridine rings is 1. The number of oxazole rings is 1. The summed E-state index contributed by atoms with van der Waals surface area (Å²) >= 11 is 1.48. The van der Waals surface area contributed by atoms with Crippen LogP contribution < -0.4 is 5.32 Å². The molecule has 0 bridgehead atoms. The van der Waals surface area contributed by atoms with E-state index in [1.807, 2.05) is 32.3 Å². The number of nitrogens with one attached hydrogen (secondary N) is 1. The Morgan fingerprint density at radius 3 is 2.76 bits per heavy atom. The quantitative estimate of drug-likeness (QED) is 0.903. The highest BCUT2D eigenvalue weighted by molar-refractivity contribution is 7.99. The van der Waals surface area contributed by atoms with Crippen LogP contribution in [0, 0.1) is 6.92 Å². The van der Waals surface area contributed by atoms with E-state index in [4.69, 9.17) is 4.42 Å². The number of aromatic nitrogens is 2. The average molecular weight is 249 g/mol. The predicted octanol–water partition coefficient (Wildman–Crippen LogP) is 2.81. The van der Waals surface area contributed by atoms with Gasteiger partial charge in [-0.25, -0.2) is 4.98 Å². The largest absolute Gasteiger partial charge is 0.439 e. The van der Waals surface area contributed by atoms with Crippen molar-refractivity contribution < 1.29 is 4.42 Å². The van der Waals surface area contributed by atoms with Gasteiger partial charge in [0.2, 0.25) is 0 Å². The van der Waals surface area contributed by atoms with E-state index in [9.17, 15) is 0 Å². The monoisotopic (exact) mass is 249 g/mol. The highest BCUT2D eigenvalue weighted by Crippen LogP contribution is 2.26. The van der Waals surface area contributed by atoms with E-state index in [1.165, 1.54) is 11.8 Å². The summed E-state index contributed by atoms with van der Waals surface area (Å²) in [6, 6.07) is 4.30. The minimum Gasteiger partial charge on any atom is -0.439 e. The van der Waals surface area contributed by atoms with Gasteiger partial charge in [-0.3, -0.25) is 4.98 Å². The minimum absolute atomic E-state index is 0.262. The van der Waals surface area contributed by atoms with Gasteiger partial charge < -0.3 is 9.73 Å². The van der Waals surface area contributed by atoms with Crippen molar-refractivity contribution >= 4 is 11.8 Å². The van der Waals surface area contributed by atoms with E-state index in [0.29, 0.717) is 5.22 Å². The van der Waals surface area contributed by atoms with Crippen molar-refractivity contribution in [3.05, 3.63) is 36.0 Å². The highest BCUT2D eigenvalue weighted by atomic mass is 32.2. The Kier molecular flexibility index (Phi) is 3.81. The summed E-state index contributed by atoms with van der Waals surface area (Å²) in [6.07, 6.45) is 3.49. The maximum absolute atomic E-state index is 5.28. The summed E-state index contributed by atoms with van der Waals surface area (Å²) in [6.45, 7) is 3.98. The first kappa shape index (κ1) is 12.1. The maximum Gasteiger partial charge on any atom is 0.260 e. The minimum atomic E-state index is 0.262. The summed E-state index contributed by atoms with van der Waals surface area (Å²) in [5.74, 6) is 0. The number of hydrogen-bond acceptors (Lipinski definition) is 5. The predicted molar refractivity (Wildman–Crippen MR) is 67.1 cm³/mol. The lowest BCUT2D eigenvalue weighted by molar-refractivity contribution is 0.454. The van der Waals surface area contributed by atoms with Gasteiger partial charge in [0.05, 0.1) is 11.4 Å². The van der Waals surface area contributed by atoms with Crippen LogP contribution in [0.3, 0.4) is 0 Å². The lowest BCUT2D eigenvalue weighted by Gasteiger charge is -2.09. The Balaban J connectivity index is 2.08. The molecular formula is C12H15N3OS. The SMILES string of the molecule is CNC(C)c1ccc(Sc2nc(C)co2)cn1. The van der Waals surface area contributed by atoms with Crippen LogP contribution in [0.2, 0.25) is 0 Å². The molecule has 0 fully saturated rings. The molecule has 1 atom stereocenters. The summed E-state index contributed by atoms with van der Waals surface area (Å²) in [4.78, 5) is 9.66. The number of nitrogens with zero attached hydrogens (tertiary/aromatic N) is 2. The fourth-order valence-corrected chi connectivity index (χ4v) is 2.07. The fraction of sp³-hybridized carbons (Fsp3) is 0.333. The standard InChI is InChI=1S/C12H15N3OS/c1-8-7-16-12(15-8)17-10-4-5-11(14-6-10)9(2)13-3/h4-7,9,13H,1-3H3. The van der Waals surface area contributed by atoms with Crippen molar-refractivity contribution in [2.75, 3.05) is 7.05 Å². The van der Waals surface area contributed by atoms with E-state index >= 15 is 0 Å². The second-order valence-corrected chi connectivity index (χ2v) is 4.81. The van der Waals surface area contributed by atoms with Crippen molar-refractivity contribution in [3.8, 4) is 0 Å². The molecule has 1 N–H and O–H groups in total. The molecule has 1 unspecified atom stereocenters. The molecule has 2 rings (SSSR count). The van der Waals surface area contributed by atoms with E-state index in [-0.39, 0.29) is 6.04 Å². The van der Waals surface area contributed by atoms with Crippen LogP contribution in [0.4, 0.5) is 0 Å². The second-order valence-electron chi connectivity index (χ2n) is 3.79. The van der Waals surface area contributed by atoms with Gasteiger partial charge in [0.1, 0.15) is 6.26 Å². The smallest absolute Gasteiger partial charge is 0.260 e. The molecule has 90 valence electrons. The Labute approximate surface area is 105 Å². The third kappa shape index (κ3) is 3.08. The van der Waals surface area contributed by atoms with Crippen LogP contribution >= 0.6 is 11.8 Å². The van der Waals surface area contributed by atoms with E-state index in [2.05, 4.69) is 22.2 Å². The Bertz CT molecular complexity index is 481. The summed E-state index contributed by atoms with van der Waals surface area (Å²) < 4.78 is 5.28. The molecule has 5 heteroatoms. The molecule has 0 spiro atoms. The highest BCUT2D eigenvalue weighted by Gasteiger charge is 2.06. The zero-order chi connectivity index (χ0) is 12.3. The second kappa shape index (κ2) is 5.33. The zero-order valence-corrected chi connectivity index (χ0v) is 10.9.